The summed E-state index contributed by atoms with van der Waals surface area (Å²) in [5.41, 5.74) is 0. The van der Waals surface area contributed by atoms with Crippen molar-refractivity contribution in [1.82, 2.24) is 20.1 Å². The summed E-state index contributed by atoms with van der Waals surface area (Å²) < 4.78 is 6.89. The molecule has 0 bridgehead atoms. The maximum absolute atomic E-state index is 4.99. The highest BCUT2D eigenvalue weighted by Crippen LogP contribution is 1.96. The highest BCUT2D eigenvalue weighted by atomic mass is 16.5. The van der Waals surface area contributed by atoms with E-state index in [1.807, 2.05) is 4.68 Å². The summed E-state index contributed by atoms with van der Waals surface area (Å²) in [5.74, 6) is 0.862. The molecular weight excluding hydrogens is 204 g/mol. The molecule has 0 spiro atoms. The molecule has 1 aromatic heterocycles. The van der Waals surface area contributed by atoms with E-state index >= 15 is 0 Å². The first-order chi connectivity index (χ1) is 7.72. The highest BCUT2D eigenvalue weighted by molar-refractivity contribution is 4.81. The molecule has 0 aliphatic rings. The van der Waals surface area contributed by atoms with Crippen LogP contribution in [0.3, 0.4) is 0 Å². The molecule has 0 aliphatic heterocycles. The number of hydrogen-bond donors (Lipinski definition) is 1. The Morgan fingerprint density at radius 1 is 1.44 bits per heavy atom. The minimum absolute atomic E-state index is 0.466. The molecule has 5 nitrogen and oxygen atoms in total. The van der Waals surface area contributed by atoms with Crippen molar-refractivity contribution < 1.29 is 4.74 Å². The fraction of sp³-hybridized carbons (Fsp3) is 0.818. The molecule has 5 heteroatoms. The number of rotatable bonds is 8. The van der Waals surface area contributed by atoms with Crippen molar-refractivity contribution in [2.75, 3.05) is 13.7 Å². The van der Waals surface area contributed by atoms with E-state index in [1.54, 1.807) is 13.4 Å². The summed E-state index contributed by atoms with van der Waals surface area (Å²) >= 11 is 0. The normalized spacial score (nSPS) is 11.2. The minimum atomic E-state index is 0.466. The molecule has 0 aliphatic carbocycles. The van der Waals surface area contributed by atoms with Gasteiger partial charge in [-0.05, 0) is 12.8 Å². The third kappa shape index (κ3) is 5.23. The van der Waals surface area contributed by atoms with Crippen molar-refractivity contribution in [2.45, 2.75) is 45.8 Å². The van der Waals surface area contributed by atoms with Crippen molar-refractivity contribution in [3.8, 4) is 0 Å². The van der Waals surface area contributed by atoms with Gasteiger partial charge in [-0.1, -0.05) is 13.8 Å². The van der Waals surface area contributed by atoms with Crippen LogP contribution >= 0.6 is 0 Å². The van der Waals surface area contributed by atoms with E-state index in [0.29, 0.717) is 6.04 Å². The maximum atomic E-state index is 4.99. The van der Waals surface area contributed by atoms with E-state index in [1.165, 1.54) is 0 Å². The van der Waals surface area contributed by atoms with Crippen molar-refractivity contribution in [2.24, 2.45) is 0 Å². The Bertz CT molecular complexity index is 285. The van der Waals surface area contributed by atoms with Crippen molar-refractivity contribution in [1.29, 1.82) is 0 Å². The topological polar surface area (TPSA) is 52.0 Å². The first-order valence-corrected chi connectivity index (χ1v) is 5.83. The average Bonchev–Trinajstić information content (AvgIpc) is 2.70. The lowest BCUT2D eigenvalue weighted by Crippen LogP contribution is -2.22. The van der Waals surface area contributed by atoms with E-state index in [9.17, 15) is 0 Å². The van der Waals surface area contributed by atoms with E-state index < -0.39 is 0 Å². The van der Waals surface area contributed by atoms with Crippen LogP contribution in [-0.2, 0) is 17.8 Å². The number of aromatic nitrogens is 3. The summed E-state index contributed by atoms with van der Waals surface area (Å²) in [5, 5.41) is 7.68. The Hall–Kier alpha value is -0.940. The predicted octanol–water partition coefficient (Wildman–Crippen LogP) is 1.20. The molecule has 1 aromatic rings. The standard InChI is InChI=1S/C11H22N4O/c1-10(2)12-8-11-13-9-15(14-11)6-4-5-7-16-3/h9-10,12H,4-8H2,1-3H3. The second-order valence-electron chi connectivity index (χ2n) is 4.16. The average molecular weight is 226 g/mol. The van der Waals surface area contributed by atoms with Gasteiger partial charge in [0.1, 0.15) is 6.33 Å². The molecule has 1 N–H and O–H groups in total. The van der Waals surface area contributed by atoms with Gasteiger partial charge in [0.15, 0.2) is 5.82 Å². The van der Waals surface area contributed by atoms with Crippen molar-refractivity contribution in [3.05, 3.63) is 12.2 Å². The van der Waals surface area contributed by atoms with Gasteiger partial charge in [0.2, 0.25) is 0 Å². The highest BCUT2D eigenvalue weighted by Gasteiger charge is 2.01. The first kappa shape index (κ1) is 13.1. The minimum Gasteiger partial charge on any atom is -0.385 e. The largest absolute Gasteiger partial charge is 0.385 e. The summed E-state index contributed by atoms with van der Waals surface area (Å²) in [6.45, 7) is 6.70. The number of nitrogens with zero attached hydrogens (tertiary/aromatic N) is 3. The van der Waals surface area contributed by atoms with Crippen LogP contribution in [0, 0.1) is 0 Å². The SMILES string of the molecule is COCCCCn1cnc(CNC(C)C)n1. The van der Waals surface area contributed by atoms with Gasteiger partial charge >= 0.3 is 0 Å². The van der Waals surface area contributed by atoms with Crippen LogP contribution in [0.5, 0.6) is 0 Å². The molecule has 0 amide bonds. The second kappa shape index (κ2) is 7.35. The molecule has 0 unspecified atom stereocenters. The van der Waals surface area contributed by atoms with Gasteiger partial charge < -0.3 is 10.1 Å². The maximum Gasteiger partial charge on any atom is 0.164 e. The molecule has 0 saturated heterocycles. The van der Waals surface area contributed by atoms with Gasteiger partial charge in [-0.25, -0.2) is 4.98 Å². The summed E-state index contributed by atoms with van der Waals surface area (Å²) in [6.07, 6.45) is 3.94. The molecule has 0 saturated carbocycles. The van der Waals surface area contributed by atoms with Gasteiger partial charge in [0, 0.05) is 26.3 Å². The summed E-state index contributed by atoms with van der Waals surface area (Å²) in [6, 6.07) is 0.466. The molecular formula is C11H22N4O. The monoisotopic (exact) mass is 226 g/mol. The lowest BCUT2D eigenvalue weighted by molar-refractivity contribution is 0.191. The number of hydrogen-bond acceptors (Lipinski definition) is 4. The zero-order valence-electron chi connectivity index (χ0n) is 10.4. The molecule has 0 atom stereocenters. The molecule has 1 rings (SSSR count). The first-order valence-electron chi connectivity index (χ1n) is 5.83. The second-order valence-corrected chi connectivity index (χ2v) is 4.16. The zero-order valence-corrected chi connectivity index (χ0v) is 10.4. The van der Waals surface area contributed by atoms with Crippen LogP contribution in [0.15, 0.2) is 6.33 Å². The Kier molecular flexibility index (Phi) is 6.03. The van der Waals surface area contributed by atoms with Gasteiger partial charge in [0.25, 0.3) is 0 Å². The summed E-state index contributed by atoms with van der Waals surface area (Å²) in [4.78, 5) is 4.25. The predicted molar refractivity (Wildman–Crippen MR) is 63.1 cm³/mol. The van der Waals surface area contributed by atoms with E-state index in [0.717, 1.165) is 38.4 Å². The lowest BCUT2D eigenvalue weighted by atomic mass is 10.3. The van der Waals surface area contributed by atoms with Gasteiger partial charge in [0.05, 0.1) is 6.54 Å². The Labute approximate surface area is 97.2 Å². The number of nitrogens with one attached hydrogen (secondary N) is 1. The number of unbranched alkanes of at least 4 members (excludes halogenated alkanes) is 1. The van der Waals surface area contributed by atoms with Crippen LogP contribution < -0.4 is 5.32 Å². The number of methoxy groups -OCH3 is 1. The van der Waals surface area contributed by atoms with Gasteiger partial charge in [-0.15, -0.1) is 0 Å². The number of ether oxygens (including phenoxy) is 1. The smallest absolute Gasteiger partial charge is 0.164 e. The van der Waals surface area contributed by atoms with Crippen molar-refractivity contribution >= 4 is 0 Å². The zero-order chi connectivity index (χ0) is 11.8. The molecule has 92 valence electrons. The third-order valence-electron chi connectivity index (χ3n) is 2.24. The summed E-state index contributed by atoms with van der Waals surface area (Å²) in [7, 11) is 1.73. The van der Waals surface area contributed by atoms with Crippen LogP contribution in [0.2, 0.25) is 0 Å². The number of aryl methyl sites for hydroxylation is 1. The fourth-order valence-corrected chi connectivity index (χ4v) is 1.34. The van der Waals surface area contributed by atoms with E-state index in [4.69, 9.17) is 4.74 Å². The quantitative estimate of drug-likeness (QED) is 0.677. The van der Waals surface area contributed by atoms with Crippen LogP contribution in [-0.4, -0.2) is 34.5 Å². The molecule has 16 heavy (non-hydrogen) atoms. The van der Waals surface area contributed by atoms with Gasteiger partial charge in [-0.3, -0.25) is 4.68 Å². The van der Waals surface area contributed by atoms with Crippen LogP contribution in [0.1, 0.15) is 32.5 Å². The fourth-order valence-electron chi connectivity index (χ4n) is 1.34. The Balaban J connectivity index is 2.22. The third-order valence-corrected chi connectivity index (χ3v) is 2.24. The van der Waals surface area contributed by atoms with E-state index in [-0.39, 0.29) is 0 Å². The van der Waals surface area contributed by atoms with Crippen molar-refractivity contribution in [3.63, 3.8) is 0 Å². The lowest BCUT2D eigenvalue weighted by Gasteiger charge is -2.04. The Morgan fingerprint density at radius 2 is 2.25 bits per heavy atom. The molecule has 0 fully saturated rings. The molecule has 1 heterocycles. The molecule has 0 aromatic carbocycles. The van der Waals surface area contributed by atoms with Crippen LogP contribution in [0.25, 0.3) is 0 Å². The Morgan fingerprint density at radius 3 is 2.94 bits per heavy atom. The van der Waals surface area contributed by atoms with Crippen LogP contribution in [0.4, 0.5) is 0 Å². The molecule has 0 radical (unpaired) electrons. The van der Waals surface area contributed by atoms with Gasteiger partial charge in [-0.2, -0.15) is 5.10 Å². The van der Waals surface area contributed by atoms with E-state index in [2.05, 4.69) is 29.2 Å².